The van der Waals surface area contributed by atoms with Gasteiger partial charge in [0, 0.05) is 33.1 Å². The first-order chi connectivity index (χ1) is 21.1. The van der Waals surface area contributed by atoms with Gasteiger partial charge in [0.15, 0.2) is 0 Å². The molecule has 0 unspecified atom stereocenters. The largest absolute Gasteiger partial charge is 0.355 e. The number of nitriles is 1. The van der Waals surface area contributed by atoms with Gasteiger partial charge in [-0.2, -0.15) is 5.26 Å². The highest BCUT2D eigenvalue weighted by Crippen LogP contribution is 2.42. The summed E-state index contributed by atoms with van der Waals surface area (Å²) in [6.45, 7) is 17.2. The van der Waals surface area contributed by atoms with Gasteiger partial charge in [0.1, 0.15) is 6.07 Å². The molecule has 2 aliphatic heterocycles. The van der Waals surface area contributed by atoms with Crippen LogP contribution in [0, 0.1) is 39.0 Å². The number of aryl methyl sites for hydroxylation is 4. The van der Waals surface area contributed by atoms with Crippen LogP contribution in [0.1, 0.15) is 78.3 Å². The van der Waals surface area contributed by atoms with Gasteiger partial charge in [-0.25, -0.2) is 9.97 Å². The van der Waals surface area contributed by atoms with Gasteiger partial charge in [-0.1, -0.05) is 36.4 Å². The van der Waals surface area contributed by atoms with E-state index >= 15 is 0 Å². The summed E-state index contributed by atoms with van der Waals surface area (Å²) >= 11 is 0. The van der Waals surface area contributed by atoms with Crippen LogP contribution in [0.5, 0.6) is 0 Å². The van der Waals surface area contributed by atoms with Crippen LogP contribution >= 0.6 is 0 Å². The molecule has 0 fully saturated rings. The van der Waals surface area contributed by atoms with Crippen molar-refractivity contribution in [2.24, 2.45) is 0 Å². The quantitative estimate of drug-likeness (QED) is 0.209. The lowest BCUT2D eigenvalue weighted by Crippen LogP contribution is -1.93. The number of benzene rings is 2. The molecule has 0 saturated carbocycles. The highest BCUT2D eigenvalue weighted by molar-refractivity contribution is 6.04. The topological polar surface area (TPSA) is 81.1 Å². The summed E-state index contributed by atoms with van der Waals surface area (Å²) in [5.74, 6) is 0. The molecule has 0 atom stereocenters. The van der Waals surface area contributed by atoms with E-state index in [0.29, 0.717) is 5.56 Å². The molecule has 7 rings (SSSR count). The number of allylic oxidation sites excluding steroid dienone is 4. The van der Waals surface area contributed by atoms with E-state index in [4.69, 9.17) is 9.97 Å². The number of nitrogens with one attached hydrogen (secondary N) is 2. The summed E-state index contributed by atoms with van der Waals surface area (Å²) in [6.07, 6.45) is 0. The zero-order valence-electron chi connectivity index (χ0n) is 26.5. The highest BCUT2D eigenvalue weighted by Gasteiger charge is 2.24. The molecule has 5 aromatic rings. The first-order valence-electron chi connectivity index (χ1n) is 15.1. The average molecular weight is 574 g/mol. The first-order valence-corrected chi connectivity index (χ1v) is 15.1. The van der Waals surface area contributed by atoms with Crippen molar-refractivity contribution in [2.75, 3.05) is 0 Å². The number of aromatic amines is 2. The van der Waals surface area contributed by atoms with E-state index in [-0.39, 0.29) is 0 Å². The summed E-state index contributed by atoms with van der Waals surface area (Å²) < 4.78 is 0. The Morgan fingerprint density at radius 1 is 0.591 bits per heavy atom. The number of aromatic nitrogens is 4. The fourth-order valence-corrected chi connectivity index (χ4v) is 6.53. The van der Waals surface area contributed by atoms with Crippen LogP contribution < -0.4 is 0 Å². The fourth-order valence-electron chi connectivity index (χ4n) is 6.53. The third kappa shape index (κ3) is 3.98. The lowest BCUT2D eigenvalue weighted by molar-refractivity contribution is 1.28. The smallest absolute Gasteiger partial charge is 0.100 e. The standard InChI is InChI=1S/C39H35N5/c1-19-21(3)33-16-35-23(5)25(7)38(43-35)37(29-14-13-27-11-9-10-12-28(27)30(29)18-40)39-26(8)24(6)36(44-39)17-34-22(4)20(2)32(42-34)15-31(19)41-33/h9-17,41,44H,1-8H3. The Balaban J connectivity index is 1.74. The zero-order valence-corrected chi connectivity index (χ0v) is 26.5. The Morgan fingerprint density at radius 2 is 1.14 bits per heavy atom. The number of nitrogens with zero attached hydrogens (tertiary/aromatic N) is 3. The Morgan fingerprint density at radius 3 is 1.77 bits per heavy atom. The molecule has 216 valence electrons. The molecule has 2 aliphatic rings. The van der Waals surface area contributed by atoms with Crippen molar-refractivity contribution < 1.29 is 0 Å². The molecule has 0 spiro atoms. The summed E-state index contributed by atoms with van der Waals surface area (Å²) in [5, 5.41) is 12.6. The minimum Gasteiger partial charge on any atom is -0.355 e. The molecule has 5 heteroatoms. The number of hydrogen-bond donors (Lipinski definition) is 2. The van der Waals surface area contributed by atoms with Crippen LogP contribution in [-0.4, -0.2) is 19.9 Å². The molecule has 0 saturated heterocycles. The molecular formula is C39H35N5. The van der Waals surface area contributed by atoms with Crippen LogP contribution in [0.3, 0.4) is 0 Å². The second-order valence-corrected chi connectivity index (χ2v) is 12.2. The second kappa shape index (κ2) is 9.92. The lowest BCUT2D eigenvalue weighted by Gasteiger charge is -2.12. The Kier molecular flexibility index (Phi) is 6.23. The van der Waals surface area contributed by atoms with E-state index in [1.54, 1.807) is 0 Å². The fraction of sp³-hybridized carbons (Fsp3) is 0.205. The Labute approximate surface area is 257 Å². The molecule has 5 heterocycles. The van der Waals surface area contributed by atoms with Crippen molar-refractivity contribution in [3.05, 3.63) is 105 Å². The van der Waals surface area contributed by atoms with Crippen molar-refractivity contribution >= 4 is 55.1 Å². The second-order valence-electron chi connectivity index (χ2n) is 12.2. The van der Waals surface area contributed by atoms with Crippen LogP contribution in [0.2, 0.25) is 0 Å². The van der Waals surface area contributed by atoms with Crippen LogP contribution in [-0.2, 0) is 0 Å². The minimum absolute atomic E-state index is 0.653. The number of H-pyrrole nitrogens is 2. The SMILES string of the molecule is CC1=C(C)c2cc3[nH]c(c(C)c3C)c(-c3ccc4ccccc4c3C#N)c3nc(cc4[nH]c(cc1n2)c(C)c4C)C(C)=C3C. The van der Waals surface area contributed by atoms with Crippen molar-refractivity contribution in [1.29, 1.82) is 5.26 Å². The van der Waals surface area contributed by atoms with E-state index in [9.17, 15) is 5.26 Å². The first kappa shape index (κ1) is 27.6. The van der Waals surface area contributed by atoms with Crippen LogP contribution in [0.25, 0.3) is 66.3 Å². The van der Waals surface area contributed by atoms with E-state index in [0.717, 1.165) is 89.0 Å². The number of hydrogen-bond acceptors (Lipinski definition) is 3. The average Bonchev–Trinajstić information content (AvgIpc) is 3.65. The van der Waals surface area contributed by atoms with Gasteiger partial charge in [-0.05, 0) is 124 Å². The summed E-state index contributed by atoms with van der Waals surface area (Å²) in [4.78, 5) is 17.9. The van der Waals surface area contributed by atoms with E-state index in [1.807, 2.05) is 18.2 Å². The molecule has 3 aromatic heterocycles. The van der Waals surface area contributed by atoms with Crippen LogP contribution in [0.15, 0.2) is 54.6 Å². The molecule has 0 radical (unpaired) electrons. The van der Waals surface area contributed by atoms with E-state index < -0.39 is 0 Å². The predicted molar refractivity (Wildman–Crippen MR) is 184 cm³/mol. The van der Waals surface area contributed by atoms with Crippen molar-refractivity contribution in [2.45, 2.75) is 55.4 Å². The van der Waals surface area contributed by atoms with Gasteiger partial charge in [0.05, 0.1) is 33.9 Å². The van der Waals surface area contributed by atoms with Crippen molar-refractivity contribution in [1.82, 2.24) is 19.9 Å². The third-order valence-electron chi connectivity index (χ3n) is 9.99. The predicted octanol–water partition coefficient (Wildman–Crippen LogP) is 10.1. The number of rotatable bonds is 1. The molecule has 0 aliphatic carbocycles. The molecular weight excluding hydrogens is 538 g/mol. The third-order valence-corrected chi connectivity index (χ3v) is 9.99. The monoisotopic (exact) mass is 573 g/mol. The maximum atomic E-state index is 10.6. The van der Waals surface area contributed by atoms with E-state index in [1.165, 1.54) is 22.3 Å². The molecule has 2 N–H and O–H groups in total. The molecule has 8 bridgehead atoms. The molecule has 0 amide bonds. The number of fused-ring (bicyclic) bond motifs is 9. The molecule has 44 heavy (non-hydrogen) atoms. The normalized spacial score (nSPS) is 13.2. The summed E-state index contributed by atoms with van der Waals surface area (Å²) in [5.41, 5.74) is 19.5. The van der Waals surface area contributed by atoms with Gasteiger partial charge < -0.3 is 9.97 Å². The Bertz CT molecular complexity index is 2370. The van der Waals surface area contributed by atoms with E-state index in [2.05, 4.69) is 108 Å². The minimum atomic E-state index is 0.653. The van der Waals surface area contributed by atoms with Crippen molar-refractivity contribution in [3.8, 4) is 17.2 Å². The van der Waals surface area contributed by atoms with Gasteiger partial charge in [0.25, 0.3) is 0 Å². The lowest BCUT2D eigenvalue weighted by atomic mass is 9.91. The van der Waals surface area contributed by atoms with Crippen LogP contribution in [0.4, 0.5) is 0 Å². The Hall–Kier alpha value is -5.21. The molecule has 2 aromatic carbocycles. The zero-order chi connectivity index (χ0) is 31.0. The maximum Gasteiger partial charge on any atom is 0.100 e. The van der Waals surface area contributed by atoms with Crippen molar-refractivity contribution in [3.63, 3.8) is 0 Å². The van der Waals surface area contributed by atoms with Gasteiger partial charge in [0.2, 0.25) is 0 Å². The summed E-state index contributed by atoms with van der Waals surface area (Å²) in [7, 11) is 0. The highest BCUT2D eigenvalue weighted by atomic mass is 14.8. The molecule has 5 nitrogen and oxygen atoms in total. The summed E-state index contributed by atoms with van der Waals surface area (Å²) in [6, 6.07) is 21.3. The van der Waals surface area contributed by atoms with Gasteiger partial charge in [-0.3, -0.25) is 0 Å². The van der Waals surface area contributed by atoms with Gasteiger partial charge >= 0.3 is 0 Å². The maximum absolute atomic E-state index is 10.6. The van der Waals surface area contributed by atoms with Gasteiger partial charge in [-0.15, -0.1) is 0 Å².